The van der Waals surface area contributed by atoms with Crippen LogP contribution in [-0.4, -0.2) is 23.0 Å². The summed E-state index contributed by atoms with van der Waals surface area (Å²) in [5, 5.41) is 10.5. The monoisotopic (exact) mass is 213 g/mol. The predicted octanol–water partition coefficient (Wildman–Crippen LogP) is 1.75. The molecule has 16 heavy (non-hydrogen) atoms. The fraction of sp³-hybridized carbons (Fsp3) is 0.0833. The Hall–Kier alpha value is -2.23. The van der Waals surface area contributed by atoms with E-state index in [9.17, 15) is 4.79 Å². The SMILES string of the molecule is CNc1ccccc1C(=O)c1cccnn1. The van der Waals surface area contributed by atoms with Crippen molar-refractivity contribution < 1.29 is 4.79 Å². The van der Waals surface area contributed by atoms with E-state index in [1.54, 1.807) is 31.4 Å². The maximum absolute atomic E-state index is 12.1. The average Bonchev–Trinajstić information content (AvgIpc) is 2.39. The lowest BCUT2D eigenvalue weighted by Crippen LogP contribution is -2.07. The third kappa shape index (κ3) is 1.91. The first kappa shape index (κ1) is 10.3. The molecule has 0 aliphatic carbocycles. The Labute approximate surface area is 93.3 Å². The van der Waals surface area contributed by atoms with Gasteiger partial charge in [0.05, 0.1) is 0 Å². The molecular formula is C12H11N3O. The van der Waals surface area contributed by atoms with Crippen molar-refractivity contribution in [2.45, 2.75) is 0 Å². The van der Waals surface area contributed by atoms with Crippen LogP contribution in [0.25, 0.3) is 0 Å². The van der Waals surface area contributed by atoms with E-state index in [2.05, 4.69) is 15.5 Å². The molecule has 1 aromatic heterocycles. The summed E-state index contributed by atoms with van der Waals surface area (Å²) in [6.45, 7) is 0. The molecule has 0 saturated carbocycles. The number of aromatic nitrogens is 2. The lowest BCUT2D eigenvalue weighted by Gasteiger charge is -2.06. The van der Waals surface area contributed by atoms with Crippen molar-refractivity contribution in [1.29, 1.82) is 0 Å². The molecule has 4 heteroatoms. The molecule has 0 fully saturated rings. The van der Waals surface area contributed by atoms with Crippen molar-refractivity contribution in [3.63, 3.8) is 0 Å². The van der Waals surface area contributed by atoms with Gasteiger partial charge in [0.2, 0.25) is 5.78 Å². The molecule has 0 aliphatic heterocycles. The number of hydrogen-bond acceptors (Lipinski definition) is 4. The van der Waals surface area contributed by atoms with Crippen LogP contribution in [0.1, 0.15) is 16.1 Å². The van der Waals surface area contributed by atoms with Gasteiger partial charge in [-0.2, -0.15) is 5.10 Å². The van der Waals surface area contributed by atoms with E-state index in [1.165, 1.54) is 0 Å². The molecule has 2 rings (SSSR count). The molecule has 0 saturated heterocycles. The van der Waals surface area contributed by atoms with E-state index in [0.29, 0.717) is 11.3 Å². The highest BCUT2D eigenvalue weighted by atomic mass is 16.1. The van der Waals surface area contributed by atoms with E-state index < -0.39 is 0 Å². The van der Waals surface area contributed by atoms with Crippen molar-refractivity contribution in [3.8, 4) is 0 Å². The number of nitrogens with one attached hydrogen (secondary N) is 1. The van der Waals surface area contributed by atoms with Gasteiger partial charge in [0, 0.05) is 24.5 Å². The van der Waals surface area contributed by atoms with Crippen LogP contribution in [0.15, 0.2) is 42.6 Å². The van der Waals surface area contributed by atoms with Gasteiger partial charge < -0.3 is 5.32 Å². The molecule has 0 aliphatic rings. The van der Waals surface area contributed by atoms with Gasteiger partial charge in [-0.3, -0.25) is 4.79 Å². The zero-order valence-corrected chi connectivity index (χ0v) is 8.84. The number of nitrogens with zero attached hydrogens (tertiary/aromatic N) is 2. The topological polar surface area (TPSA) is 54.9 Å². The van der Waals surface area contributed by atoms with Gasteiger partial charge in [0.25, 0.3) is 0 Å². The molecule has 4 nitrogen and oxygen atoms in total. The molecule has 0 radical (unpaired) electrons. The van der Waals surface area contributed by atoms with Crippen LogP contribution in [0.4, 0.5) is 5.69 Å². The van der Waals surface area contributed by atoms with E-state index in [-0.39, 0.29) is 5.78 Å². The van der Waals surface area contributed by atoms with Crippen molar-refractivity contribution in [3.05, 3.63) is 53.9 Å². The van der Waals surface area contributed by atoms with Gasteiger partial charge >= 0.3 is 0 Å². The maximum atomic E-state index is 12.1. The summed E-state index contributed by atoms with van der Waals surface area (Å²) in [6, 6.07) is 10.7. The summed E-state index contributed by atoms with van der Waals surface area (Å²) in [5.41, 5.74) is 1.74. The maximum Gasteiger partial charge on any atom is 0.215 e. The fourth-order valence-corrected chi connectivity index (χ4v) is 1.46. The second-order valence-corrected chi connectivity index (χ2v) is 3.23. The van der Waals surface area contributed by atoms with Gasteiger partial charge in [0.15, 0.2) is 0 Å². The molecule has 0 unspecified atom stereocenters. The predicted molar refractivity (Wildman–Crippen MR) is 61.5 cm³/mol. The number of para-hydroxylation sites is 1. The minimum Gasteiger partial charge on any atom is -0.388 e. The number of carbonyl (C=O) groups excluding carboxylic acids is 1. The Morgan fingerprint density at radius 3 is 2.69 bits per heavy atom. The Morgan fingerprint density at radius 2 is 2.00 bits per heavy atom. The highest BCUT2D eigenvalue weighted by molar-refractivity contribution is 6.11. The van der Waals surface area contributed by atoms with Crippen LogP contribution < -0.4 is 5.32 Å². The minimum absolute atomic E-state index is 0.127. The highest BCUT2D eigenvalue weighted by Crippen LogP contribution is 2.17. The molecule has 1 aromatic carbocycles. The zero-order valence-electron chi connectivity index (χ0n) is 8.84. The summed E-state index contributed by atoms with van der Waals surface area (Å²) in [5.74, 6) is -0.127. The van der Waals surface area contributed by atoms with Gasteiger partial charge in [-0.15, -0.1) is 5.10 Å². The molecule has 0 amide bonds. The zero-order chi connectivity index (χ0) is 11.4. The Kier molecular flexibility index (Phi) is 2.91. The lowest BCUT2D eigenvalue weighted by atomic mass is 10.1. The van der Waals surface area contributed by atoms with Crippen LogP contribution in [0.2, 0.25) is 0 Å². The third-order valence-corrected chi connectivity index (χ3v) is 2.25. The summed E-state index contributed by atoms with van der Waals surface area (Å²) in [6.07, 6.45) is 1.54. The van der Waals surface area contributed by atoms with Gasteiger partial charge in [-0.1, -0.05) is 12.1 Å². The van der Waals surface area contributed by atoms with Crippen molar-refractivity contribution >= 4 is 11.5 Å². The Balaban J connectivity index is 2.42. The van der Waals surface area contributed by atoms with E-state index >= 15 is 0 Å². The fourth-order valence-electron chi connectivity index (χ4n) is 1.46. The first-order valence-electron chi connectivity index (χ1n) is 4.92. The van der Waals surface area contributed by atoms with Crippen LogP contribution in [0.3, 0.4) is 0 Å². The smallest absolute Gasteiger partial charge is 0.215 e. The Bertz CT molecular complexity index is 497. The number of benzene rings is 1. The number of hydrogen-bond donors (Lipinski definition) is 1. The summed E-state index contributed by atoms with van der Waals surface area (Å²) in [4.78, 5) is 12.1. The van der Waals surface area contributed by atoms with E-state index in [1.807, 2.05) is 18.2 Å². The van der Waals surface area contributed by atoms with Crippen LogP contribution >= 0.6 is 0 Å². The molecule has 80 valence electrons. The van der Waals surface area contributed by atoms with E-state index in [4.69, 9.17) is 0 Å². The average molecular weight is 213 g/mol. The first-order chi connectivity index (χ1) is 7.83. The molecule has 1 heterocycles. The highest BCUT2D eigenvalue weighted by Gasteiger charge is 2.13. The number of rotatable bonds is 3. The standard InChI is InChI=1S/C12H11N3O/c1-13-10-6-3-2-5-9(10)12(16)11-7-4-8-14-15-11/h2-8,13H,1H3. The molecule has 2 aromatic rings. The quantitative estimate of drug-likeness (QED) is 0.789. The van der Waals surface area contributed by atoms with Crippen molar-refractivity contribution in [2.75, 3.05) is 12.4 Å². The van der Waals surface area contributed by atoms with Crippen molar-refractivity contribution in [2.24, 2.45) is 0 Å². The molecule has 1 N–H and O–H groups in total. The number of ketones is 1. The molecule has 0 atom stereocenters. The van der Waals surface area contributed by atoms with Crippen LogP contribution in [0.5, 0.6) is 0 Å². The largest absolute Gasteiger partial charge is 0.388 e. The van der Waals surface area contributed by atoms with Crippen molar-refractivity contribution in [1.82, 2.24) is 10.2 Å². The second-order valence-electron chi connectivity index (χ2n) is 3.23. The number of carbonyl (C=O) groups is 1. The molecule has 0 spiro atoms. The third-order valence-electron chi connectivity index (χ3n) is 2.25. The summed E-state index contributed by atoms with van der Waals surface area (Å²) in [7, 11) is 1.78. The normalized spacial score (nSPS) is 9.81. The van der Waals surface area contributed by atoms with Gasteiger partial charge in [-0.05, 0) is 24.3 Å². The summed E-state index contributed by atoms with van der Waals surface area (Å²) < 4.78 is 0. The van der Waals surface area contributed by atoms with Crippen LogP contribution in [0, 0.1) is 0 Å². The van der Waals surface area contributed by atoms with Gasteiger partial charge in [0.1, 0.15) is 5.69 Å². The van der Waals surface area contributed by atoms with Crippen LogP contribution in [-0.2, 0) is 0 Å². The second kappa shape index (κ2) is 4.53. The molecular weight excluding hydrogens is 202 g/mol. The summed E-state index contributed by atoms with van der Waals surface area (Å²) >= 11 is 0. The van der Waals surface area contributed by atoms with Gasteiger partial charge in [-0.25, -0.2) is 0 Å². The minimum atomic E-state index is -0.127. The molecule has 0 bridgehead atoms. The first-order valence-corrected chi connectivity index (χ1v) is 4.92. The lowest BCUT2D eigenvalue weighted by molar-refractivity contribution is 0.103. The number of anilines is 1. The Morgan fingerprint density at radius 1 is 1.19 bits per heavy atom. The van der Waals surface area contributed by atoms with E-state index in [0.717, 1.165) is 5.69 Å².